The summed E-state index contributed by atoms with van der Waals surface area (Å²) in [5.74, 6) is -0.970. The van der Waals surface area contributed by atoms with E-state index in [1.165, 1.54) is 0 Å². The van der Waals surface area contributed by atoms with Gasteiger partial charge in [0.15, 0.2) is 0 Å². The van der Waals surface area contributed by atoms with Gasteiger partial charge in [-0.15, -0.1) is 0 Å². The van der Waals surface area contributed by atoms with E-state index in [-0.39, 0.29) is 6.10 Å². The summed E-state index contributed by atoms with van der Waals surface area (Å²) in [6.07, 6.45) is 1.49. The minimum absolute atomic E-state index is 0.186. The van der Waals surface area contributed by atoms with Gasteiger partial charge in [-0.25, -0.2) is 0 Å². The maximum atomic E-state index is 10.3. The highest BCUT2D eigenvalue weighted by Gasteiger charge is 2.10. The number of hydrogen-bond acceptors (Lipinski definition) is 3. The Morgan fingerprint density at radius 2 is 2.25 bits per heavy atom. The molecule has 4 heteroatoms. The Morgan fingerprint density at radius 1 is 1.67 bits per heavy atom. The van der Waals surface area contributed by atoms with Gasteiger partial charge in [0.2, 0.25) is 0 Å². The van der Waals surface area contributed by atoms with Crippen LogP contribution in [0, 0.1) is 0 Å². The molecule has 72 valence electrons. The second-order valence-corrected chi connectivity index (χ2v) is 2.82. The quantitative estimate of drug-likeness (QED) is 0.620. The molecule has 0 aliphatic heterocycles. The molecule has 0 spiro atoms. The molecule has 0 aromatic carbocycles. The van der Waals surface area contributed by atoms with E-state index in [1.807, 2.05) is 13.8 Å². The summed E-state index contributed by atoms with van der Waals surface area (Å²) in [6.45, 7) is 4.39. The third kappa shape index (κ3) is 5.09. The maximum absolute atomic E-state index is 10.3. The molecule has 0 aromatic heterocycles. The van der Waals surface area contributed by atoms with Crippen molar-refractivity contribution in [3.05, 3.63) is 0 Å². The lowest BCUT2D eigenvalue weighted by Gasteiger charge is -2.11. The number of carboxylic acid groups (broad SMARTS) is 1. The van der Waals surface area contributed by atoms with Gasteiger partial charge in [-0.2, -0.15) is 0 Å². The van der Waals surface area contributed by atoms with Crippen molar-refractivity contribution in [2.45, 2.75) is 38.8 Å². The molecule has 0 rings (SSSR count). The highest BCUT2D eigenvalue weighted by Crippen LogP contribution is 1.98. The van der Waals surface area contributed by atoms with Crippen LogP contribution in [0.5, 0.6) is 0 Å². The van der Waals surface area contributed by atoms with Gasteiger partial charge in [-0.1, -0.05) is 6.92 Å². The summed E-state index contributed by atoms with van der Waals surface area (Å²) >= 11 is 0. The Kier molecular flexibility index (Phi) is 5.66. The van der Waals surface area contributed by atoms with Crippen LogP contribution < -0.4 is 5.73 Å². The molecule has 0 saturated carbocycles. The van der Waals surface area contributed by atoms with Crippen LogP contribution in [0.15, 0.2) is 0 Å². The van der Waals surface area contributed by atoms with Crippen LogP contribution in [0.3, 0.4) is 0 Å². The number of rotatable bonds is 6. The molecule has 0 amide bonds. The standard InChI is InChI=1S/C8H17NO3/c1-3-6(2)12-5-4-7(9)8(10)11/h6-7H,3-5,9H2,1-2H3,(H,10,11). The zero-order chi connectivity index (χ0) is 9.56. The van der Waals surface area contributed by atoms with Crippen LogP contribution in [0.25, 0.3) is 0 Å². The predicted molar refractivity (Wildman–Crippen MR) is 45.9 cm³/mol. The molecule has 0 aliphatic carbocycles. The Balaban J connectivity index is 3.37. The fourth-order valence-corrected chi connectivity index (χ4v) is 0.638. The van der Waals surface area contributed by atoms with E-state index in [9.17, 15) is 4.79 Å². The summed E-state index contributed by atoms with van der Waals surface area (Å²) < 4.78 is 5.27. The Hall–Kier alpha value is -0.610. The summed E-state index contributed by atoms with van der Waals surface area (Å²) in [6, 6.07) is -0.797. The minimum Gasteiger partial charge on any atom is -0.480 e. The third-order valence-corrected chi connectivity index (χ3v) is 1.72. The van der Waals surface area contributed by atoms with Gasteiger partial charge < -0.3 is 15.6 Å². The topological polar surface area (TPSA) is 72.5 Å². The molecule has 0 saturated heterocycles. The van der Waals surface area contributed by atoms with E-state index in [0.29, 0.717) is 13.0 Å². The van der Waals surface area contributed by atoms with Crippen molar-refractivity contribution in [1.29, 1.82) is 0 Å². The van der Waals surface area contributed by atoms with E-state index in [0.717, 1.165) is 6.42 Å². The molecule has 2 unspecified atom stereocenters. The zero-order valence-corrected chi connectivity index (χ0v) is 7.62. The highest BCUT2D eigenvalue weighted by molar-refractivity contribution is 5.72. The number of carboxylic acids is 1. The fourth-order valence-electron chi connectivity index (χ4n) is 0.638. The van der Waals surface area contributed by atoms with Gasteiger partial charge in [0, 0.05) is 6.61 Å². The molecule has 2 atom stereocenters. The van der Waals surface area contributed by atoms with Crippen molar-refractivity contribution in [1.82, 2.24) is 0 Å². The first-order chi connectivity index (χ1) is 5.57. The minimum atomic E-state index is -0.970. The number of ether oxygens (including phenoxy) is 1. The largest absolute Gasteiger partial charge is 0.480 e. The Morgan fingerprint density at radius 3 is 2.67 bits per heavy atom. The zero-order valence-electron chi connectivity index (χ0n) is 7.62. The summed E-state index contributed by atoms with van der Waals surface area (Å²) in [4.78, 5) is 10.3. The van der Waals surface area contributed by atoms with E-state index in [4.69, 9.17) is 15.6 Å². The van der Waals surface area contributed by atoms with Crippen molar-refractivity contribution in [2.24, 2.45) is 5.73 Å². The second-order valence-electron chi connectivity index (χ2n) is 2.82. The summed E-state index contributed by atoms with van der Waals surface area (Å²) in [5, 5.41) is 8.42. The summed E-state index contributed by atoms with van der Waals surface area (Å²) in [5.41, 5.74) is 5.26. The lowest BCUT2D eigenvalue weighted by atomic mass is 10.2. The van der Waals surface area contributed by atoms with Crippen LogP contribution in [0.4, 0.5) is 0 Å². The predicted octanol–water partition coefficient (Wildman–Crippen LogP) is 0.603. The normalized spacial score (nSPS) is 15.6. The van der Waals surface area contributed by atoms with Gasteiger partial charge in [0.1, 0.15) is 6.04 Å². The average molecular weight is 175 g/mol. The number of carbonyl (C=O) groups is 1. The monoisotopic (exact) mass is 175 g/mol. The molecule has 0 fully saturated rings. The van der Waals surface area contributed by atoms with Gasteiger partial charge in [-0.3, -0.25) is 4.79 Å². The van der Waals surface area contributed by atoms with Crippen LogP contribution in [-0.4, -0.2) is 29.8 Å². The van der Waals surface area contributed by atoms with Crippen LogP contribution in [0.2, 0.25) is 0 Å². The highest BCUT2D eigenvalue weighted by atomic mass is 16.5. The number of nitrogens with two attached hydrogens (primary N) is 1. The molecular formula is C8H17NO3. The molecule has 0 bridgehead atoms. The fraction of sp³-hybridized carbons (Fsp3) is 0.875. The third-order valence-electron chi connectivity index (χ3n) is 1.72. The van der Waals surface area contributed by atoms with Crippen molar-refractivity contribution < 1.29 is 14.6 Å². The second kappa shape index (κ2) is 5.97. The van der Waals surface area contributed by atoms with E-state index >= 15 is 0 Å². The Labute approximate surface area is 72.7 Å². The average Bonchev–Trinajstić information content (AvgIpc) is 2.03. The van der Waals surface area contributed by atoms with Crippen LogP contribution in [-0.2, 0) is 9.53 Å². The SMILES string of the molecule is CCC(C)OCCC(N)C(=O)O. The Bertz CT molecular complexity index is 138. The maximum Gasteiger partial charge on any atom is 0.320 e. The van der Waals surface area contributed by atoms with Gasteiger partial charge in [-0.05, 0) is 19.8 Å². The molecule has 4 nitrogen and oxygen atoms in total. The molecule has 12 heavy (non-hydrogen) atoms. The number of hydrogen-bond donors (Lipinski definition) is 2. The van der Waals surface area contributed by atoms with Crippen molar-refractivity contribution in [3.63, 3.8) is 0 Å². The van der Waals surface area contributed by atoms with Gasteiger partial charge >= 0.3 is 5.97 Å². The first-order valence-electron chi connectivity index (χ1n) is 4.18. The summed E-state index contributed by atoms with van der Waals surface area (Å²) in [7, 11) is 0. The van der Waals surface area contributed by atoms with Crippen molar-refractivity contribution >= 4 is 5.97 Å². The molecular weight excluding hydrogens is 158 g/mol. The lowest BCUT2D eigenvalue weighted by Crippen LogP contribution is -2.31. The van der Waals surface area contributed by atoms with Crippen molar-refractivity contribution in [2.75, 3.05) is 6.61 Å². The van der Waals surface area contributed by atoms with Gasteiger partial charge in [0.25, 0.3) is 0 Å². The van der Waals surface area contributed by atoms with Gasteiger partial charge in [0.05, 0.1) is 6.10 Å². The molecule has 0 aromatic rings. The van der Waals surface area contributed by atoms with E-state index in [1.54, 1.807) is 0 Å². The van der Waals surface area contributed by atoms with Crippen molar-refractivity contribution in [3.8, 4) is 0 Å². The molecule has 0 radical (unpaired) electrons. The molecule has 0 heterocycles. The first kappa shape index (κ1) is 11.4. The van der Waals surface area contributed by atoms with E-state index < -0.39 is 12.0 Å². The molecule has 3 N–H and O–H groups in total. The first-order valence-corrected chi connectivity index (χ1v) is 4.18. The van der Waals surface area contributed by atoms with E-state index in [2.05, 4.69) is 0 Å². The smallest absolute Gasteiger partial charge is 0.320 e. The number of aliphatic carboxylic acids is 1. The lowest BCUT2D eigenvalue weighted by molar-refractivity contribution is -0.139. The molecule has 0 aliphatic rings. The van der Waals surface area contributed by atoms with Crippen LogP contribution >= 0.6 is 0 Å². The van der Waals surface area contributed by atoms with Crippen LogP contribution in [0.1, 0.15) is 26.7 Å².